The van der Waals surface area contributed by atoms with Crippen molar-refractivity contribution in [1.29, 1.82) is 0 Å². The van der Waals surface area contributed by atoms with E-state index in [9.17, 15) is 9.59 Å². The monoisotopic (exact) mass is 252 g/mol. The molecule has 1 fully saturated rings. The highest BCUT2D eigenvalue weighted by Gasteiger charge is 2.30. The third kappa shape index (κ3) is 2.01. The molecule has 1 aromatic heterocycles. The van der Waals surface area contributed by atoms with Crippen LogP contribution >= 0.6 is 12.2 Å². The standard InChI is InChI=1S/C10H12N4O2S/c1-2-5-3-6(15)14(4-5)8-7(11)9(16)13-10(17)12-8/h2,5H,1,3-4,11H2,(H2,12,13,16,17). The summed E-state index contributed by atoms with van der Waals surface area (Å²) in [6.45, 7) is 4.11. The molecule has 2 rings (SSSR count). The summed E-state index contributed by atoms with van der Waals surface area (Å²) in [5, 5.41) is 0. The number of aromatic nitrogens is 2. The first-order valence-electron chi connectivity index (χ1n) is 5.08. The Kier molecular flexibility index (Phi) is 2.84. The second-order valence-electron chi connectivity index (χ2n) is 3.87. The number of rotatable bonds is 2. The van der Waals surface area contributed by atoms with Crippen molar-refractivity contribution in [2.45, 2.75) is 6.42 Å². The van der Waals surface area contributed by atoms with E-state index in [1.165, 1.54) is 4.90 Å². The number of nitrogen functional groups attached to an aromatic ring is 1. The lowest BCUT2D eigenvalue weighted by Crippen LogP contribution is -2.29. The molecule has 1 amide bonds. The summed E-state index contributed by atoms with van der Waals surface area (Å²) < 4.78 is 0.147. The molecule has 0 spiro atoms. The maximum atomic E-state index is 11.8. The molecule has 7 heteroatoms. The van der Waals surface area contributed by atoms with Crippen molar-refractivity contribution in [3.8, 4) is 0 Å². The van der Waals surface area contributed by atoms with Crippen LogP contribution < -0.4 is 16.2 Å². The molecule has 17 heavy (non-hydrogen) atoms. The molecule has 1 aliphatic heterocycles. The lowest BCUT2D eigenvalue weighted by atomic mass is 10.1. The van der Waals surface area contributed by atoms with Crippen LogP contribution in [0.4, 0.5) is 11.5 Å². The van der Waals surface area contributed by atoms with Crippen molar-refractivity contribution >= 4 is 29.6 Å². The molecule has 0 aromatic carbocycles. The molecular weight excluding hydrogens is 240 g/mol. The first-order chi connectivity index (χ1) is 8.02. The summed E-state index contributed by atoms with van der Waals surface area (Å²) in [5.41, 5.74) is 5.12. The van der Waals surface area contributed by atoms with Crippen molar-refractivity contribution in [3.63, 3.8) is 0 Å². The fourth-order valence-electron chi connectivity index (χ4n) is 1.81. The molecule has 1 aromatic rings. The van der Waals surface area contributed by atoms with Gasteiger partial charge >= 0.3 is 0 Å². The van der Waals surface area contributed by atoms with Gasteiger partial charge in [-0.1, -0.05) is 6.08 Å². The van der Waals surface area contributed by atoms with Crippen LogP contribution in [0.5, 0.6) is 0 Å². The Hall–Kier alpha value is -1.89. The van der Waals surface area contributed by atoms with Gasteiger partial charge in [0.05, 0.1) is 0 Å². The van der Waals surface area contributed by atoms with Gasteiger partial charge in [0.2, 0.25) is 5.91 Å². The van der Waals surface area contributed by atoms with Crippen LogP contribution in [0.1, 0.15) is 6.42 Å². The number of H-pyrrole nitrogens is 2. The molecule has 0 radical (unpaired) electrons. The molecule has 0 saturated carbocycles. The van der Waals surface area contributed by atoms with Crippen molar-refractivity contribution < 1.29 is 4.79 Å². The van der Waals surface area contributed by atoms with E-state index in [2.05, 4.69) is 16.5 Å². The lowest BCUT2D eigenvalue weighted by molar-refractivity contribution is -0.117. The average molecular weight is 252 g/mol. The zero-order chi connectivity index (χ0) is 12.6. The molecule has 1 aliphatic rings. The molecule has 0 aliphatic carbocycles. The summed E-state index contributed by atoms with van der Waals surface area (Å²) in [5.74, 6) is 0.245. The van der Waals surface area contributed by atoms with Gasteiger partial charge in [-0.05, 0) is 12.2 Å². The smallest absolute Gasteiger partial charge is 0.277 e. The summed E-state index contributed by atoms with van der Waals surface area (Å²) in [6.07, 6.45) is 2.09. The van der Waals surface area contributed by atoms with E-state index in [1.54, 1.807) is 6.08 Å². The zero-order valence-electron chi connectivity index (χ0n) is 9.03. The van der Waals surface area contributed by atoms with Crippen LogP contribution in [-0.2, 0) is 4.79 Å². The molecule has 90 valence electrons. The summed E-state index contributed by atoms with van der Waals surface area (Å²) in [7, 11) is 0. The molecule has 1 atom stereocenters. The Labute approximate surface area is 102 Å². The molecule has 4 N–H and O–H groups in total. The highest BCUT2D eigenvalue weighted by molar-refractivity contribution is 7.71. The quantitative estimate of drug-likeness (QED) is 0.529. The zero-order valence-corrected chi connectivity index (χ0v) is 9.84. The third-order valence-electron chi connectivity index (χ3n) is 2.72. The lowest BCUT2D eigenvalue weighted by Gasteiger charge is -2.17. The minimum atomic E-state index is -0.487. The van der Waals surface area contributed by atoms with Gasteiger partial charge in [0.15, 0.2) is 4.77 Å². The summed E-state index contributed by atoms with van der Waals surface area (Å²) >= 11 is 4.85. The first kappa shape index (κ1) is 11.6. The topological polar surface area (TPSA) is 95.0 Å². The predicted molar refractivity (Wildman–Crippen MR) is 67.3 cm³/mol. The Balaban J connectivity index is 2.48. The van der Waals surface area contributed by atoms with Gasteiger partial charge in [-0.15, -0.1) is 6.58 Å². The van der Waals surface area contributed by atoms with E-state index >= 15 is 0 Å². The van der Waals surface area contributed by atoms with Crippen LogP contribution in [0, 0.1) is 10.7 Å². The maximum absolute atomic E-state index is 11.8. The van der Waals surface area contributed by atoms with Gasteiger partial charge in [0.25, 0.3) is 5.56 Å². The minimum absolute atomic E-state index is 0.0309. The van der Waals surface area contributed by atoms with E-state index in [0.29, 0.717) is 13.0 Å². The van der Waals surface area contributed by atoms with Crippen molar-refractivity contribution in [3.05, 3.63) is 27.8 Å². The summed E-state index contributed by atoms with van der Waals surface area (Å²) in [4.78, 5) is 29.8. The highest BCUT2D eigenvalue weighted by atomic mass is 32.1. The van der Waals surface area contributed by atoms with Crippen LogP contribution in [0.15, 0.2) is 17.4 Å². The molecule has 6 nitrogen and oxygen atoms in total. The summed E-state index contributed by atoms with van der Waals surface area (Å²) in [6, 6.07) is 0. The second kappa shape index (κ2) is 4.17. The Bertz CT molecular complexity index is 589. The van der Waals surface area contributed by atoms with Gasteiger partial charge in [0, 0.05) is 18.9 Å². The number of hydrogen-bond donors (Lipinski definition) is 3. The number of carbonyl (C=O) groups excluding carboxylic acids is 1. The number of carbonyl (C=O) groups is 1. The van der Waals surface area contributed by atoms with Crippen LogP contribution in [0.3, 0.4) is 0 Å². The molecular formula is C10H12N4O2S. The molecule has 2 heterocycles. The first-order valence-corrected chi connectivity index (χ1v) is 5.48. The van der Waals surface area contributed by atoms with Gasteiger partial charge in [-0.25, -0.2) is 0 Å². The van der Waals surface area contributed by atoms with Crippen molar-refractivity contribution in [2.75, 3.05) is 17.2 Å². The fraction of sp³-hybridized carbons (Fsp3) is 0.300. The van der Waals surface area contributed by atoms with E-state index in [4.69, 9.17) is 18.0 Å². The van der Waals surface area contributed by atoms with Gasteiger partial charge < -0.3 is 10.7 Å². The van der Waals surface area contributed by atoms with Gasteiger partial charge in [0.1, 0.15) is 11.5 Å². The number of nitrogens with two attached hydrogens (primary N) is 1. The van der Waals surface area contributed by atoms with E-state index in [-0.39, 0.29) is 28.1 Å². The van der Waals surface area contributed by atoms with Gasteiger partial charge in [-0.3, -0.25) is 19.5 Å². The predicted octanol–water partition coefficient (Wildman–Crippen LogP) is 0.554. The van der Waals surface area contributed by atoms with E-state index in [0.717, 1.165) is 0 Å². The second-order valence-corrected chi connectivity index (χ2v) is 4.28. The number of nitrogens with zero attached hydrogens (tertiary/aromatic N) is 1. The molecule has 1 saturated heterocycles. The average Bonchev–Trinajstić information content (AvgIpc) is 2.65. The van der Waals surface area contributed by atoms with E-state index < -0.39 is 5.56 Å². The van der Waals surface area contributed by atoms with E-state index in [1.807, 2.05) is 0 Å². The number of nitrogens with one attached hydrogen (secondary N) is 2. The number of amides is 1. The van der Waals surface area contributed by atoms with Gasteiger partial charge in [-0.2, -0.15) is 0 Å². The maximum Gasteiger partial charge on any atom is 0.277 e. The highest BCUT2D eigenvalue weighted by Crippen LogP contribution is 2.26. The molecule has 1 unspecified atom stereocenters. The number of anilines is 2. The minimum Gasteiger partial charge on any atom is -0.391 e. The Morgan fingerprint density at radius 3 is 2.76 bits per heavy atom. The number of hydrogen-bond acceptors (Lipinski definition) is 4. The Morgan fingerprint density at radius 1 is 1.47 bits per heavy atom. The Morgan fingerprint density at radius 2 is 2.18 bits per heavy atom. The SMILES string of the molecule is C=CC1CC(=O)N(c2[nH]c(=S)[nH]c(=O)c2N)C1. The van der Waals surface area contributed by atoms with Crippen LogP contribution in [0.25, 0.3) is 0 Å². The van der Waals surface area contributed by atoms with Crippen molar-refractivity contribution in [2.24, 2.45) is 5.92 Å². The third-order valence-corrected chi connectivity index (χ3v) is 2.92. The normalized spacial score (nSPS) is 19.6. The van der Waals surface area contributed by atoms with Crippen molar-refractivity contribution in [1.82, 2.24) is 9.97 Å². The van der Waals surface area contributed by atoms with Crippen LogP contribution in [0.2, 0.25) is 0 Å². The van der Waals surface area contributed by atoms with Crippen LogP contribution in [-0.4, -0.2) is 22.4 Å². The number of aromatic amines is 2. The fourth-order valence-corrected chi connectivity index (χ4v) is 2.00. The largest absolute Gasteiger partial charge is 0.391 e. The molecule has 0 bridgehead atoms.